The van der Waals surface area contributed by atoms with Gasteiger partial charge in [-0.2, -0.15) is 5.10 Å². The van der Waals surface area contributed by atoms with Crippen LogP contribution in [-0.4, -0.2) is 44.9 Å². The number of fused-ring (bicyclic) bond motifs is 1. The number of rotatable bonds is 7. The fraction of sp³-hybridized carbons (Fsp3) is 0.290. The van der Waals surface area contributed by atoms with E-state index in [1.807, 2.05) is 47.1 Å². The molecule has 0 aliphatic heterocycles. The zero-order valence-electron chi connectivity index (χ0n) is 22.0. The summed E-state index contributed by atoms with van der Waals surface area (Å²) in [6.07, 6.45) is 5.93. The minimum Gasteiger partial charge on any atom is -0.481 e. The van der Waals surface area contributed by atoms with Gasteiger partial charge in [-0.15, -0.1) is 5.92 Å². The maximum Gasteiger partial charge on any atom is 0.306 e. The number of carboxylic acid groups (broad SMARTS) is 1. The number of hydrogen-bond donors (Lipinski definition) is 2. The molecule has 198 valence electrons. The largest absolute Gasteiger partial charge is 0.481 e. The summed E-state index contributed by atoms with van der Waals surface area (Å²) in [6.45, 7) is 2.26. The van der Waals surface area contributed by atoms with Crippen molar-refractivity contribution in [1.82, 2.24) is 20.1 Å². The molecule has 0 saturated heterocycles. The van der Waals surface area contributed by atoms with E-state index in [2.05, 4.69) is 27.2 Å². The van der Waals surface area contributed by atoms with Gasteiger partial charge in [-0.25, -0.2) is 4.98 Å². The highest BCUT2D eigenvalue weighted by molar-refractivity contribution is 6.07. The molecule has 1 fully saturated rings. The van der Waals surface area contributed by atoms with E-state index < -0.39 is 5.97 Å². The van der Waals surface area contributed by atoms with Gasteiger partial charge in [-0.1, -0.05) is 30.2 Å². The van der Waals surface area contributed by atoms with Gasteiger partial charge in [-0.3, -0.25) is 14.3 Å². The molecule has 0 radical (unpaired) electrons. The molecule has 39 heavy (non-hydrogen) atoms. The Morgan fingerprint density at radius 1 is 1.08 bits per heavy atom. The molecule has 4 aromatic rings. The molecular formula is C31H30N4O4. The van der Waals surface area contributed by atoms with E-state index in [0.717, 1.165) is 33.2 Å². The van der Waals surface area contributed by atoms with Crippen LogP contribution in [0.3, 0.4) is 0 Å². The van der Waals surface area contributed by atoms with Crippen molar-refractivity contribution in [2.75, 3.05) is 7.11 Å². The first-order chi connectivity index (χ1) is 19.0. The van der Waals surface area contributed by atoms with E-state index in [1.54, 1.807) is 32.5 Å². The first-order valence-corrected chi connectivity index (χ1v) is 13.0. The van der Waals surface area contributed by atoms with Crippen molar-refractivity contribution in [2.24, 2.45) is 5.92 Å². The lowest BCUT2D eigenvalue weighted by Gasteiger charge is -2.27. The van der Waals surface area contributed by atoms with Gasteiger partial charge in [0.05, 0.1) is 36.8 Å². The molecule has 1 aliphatic rings. The van der Waals surface area contributed by atoms with E-state index >= 15 is 0 Å². The number of amides is 1. The monoisotopic (exact) mass is 522 g/mol. The normalized spacial score (nSPS) is 16.8. The maximum absolute atomic E-state index is 13.4. The fourth-order valence-corrected chi connectivity index (χ4v) is 5.17. The number of benzene rings is 2. The molecule has 2 aromatic carbocycles. The summed E-state index contributed by atoms with van der Waals surface area (Å²) in [5.74, 6) is 5.36. The fourth-order valence-electron chi connectivity index (χ4n) is 5.17. The van der Waals surface area contributed by atoms with Gasteiger partial charge in [0.15, 0.2) is 0 Å². The van der Waals surface area contributed by atoms with Crippen molar-refractivity contribution in [2.45, 2.75) is 45.2 Å². The number of pyridine rings is 1. The predicted molar refractivity (Wildman–Crippen MR) is 148 cm³/mol. The molecule has 0 atom stereocenters. The van der Waals surface area contributed by atoms with Crippen molar-refractivity contribution in [3.8, 4) is 28.8 Å². The van der Waals surface area contributed by atoms with Gasteiger partial charge in [0.25, 0.3) is 5.91 Å². The third-order valence-electron chi connectivity index (χ3n) is 7.28. The number of carbonyl (C=O) groups excluding carboxylic acids is 1. The van der Waals surface area contributed by atoms with E-state index in [9.17, 15) is 14.7 Å². The number of aliphatic carboxylic acids is 1. The minimum atomic E-state index is -0.758. The van der Waals surface area contributed by atoms with E-state index in [0.29, 0.717) is 43.7 Å². The van der Waals surface area contributed by atoms with Crippen molar-refractivity contribution in [3.63, 3.8) is 0 Å². The van der Waals surface area contributed by atoms with Crippen LogP contribution < -0.4 is 10.1 Å². The highest BCUT2D eigenvalue weighted by Crippen LogP contribution is 2.28. The molecule has 1 amide bonds. The third-order valence-corrected chi connectivity index (χ3v) is 7.28. The first kappa shape index (κ1) is 26.0. The summed E-state index contributed by atoms with van der Waals surface area (Å²) in [4.78, 5) is 28.9. The lowest BCUT2D eigenvalue weighted by Crippen LogP contribution is -2.38. The molecule has 0 bridgehead atoms. The molecular weight excluding hydrogens is 492 g/mol. The average Bonchev–Trinajstić information content (AvgIpc) is 3.38. The Hall–Kier alpha value is -4.64. The highest BCUT2D eigenvalue weighted by Gasteiger charge is 2.27. The number of carboxylic acids is 1. The van der Waals surface area contributed by atoms with Crippen LogP contribution in [0.5, 0.6) is 5.88 Å². The molecule has 2 aromatic heterocycles. The summed E-state index contributed by atoms with van der Waals surface area (Å²) >= 11 is 0. The Bertz CT molecular complexity index is 1570. The third kappa shape index (κ3) is 5.63. The number of nitrogens with one attached hydrogen (secondary N) is 1. The van der Waals surface area contributed by atoms with Gasteiger partial charge >= 0.3 is 5.97 Å². The molecule has 8 heteroatoms. The Kier molecular flexibility index (Phi) is 7.60. The number of ether oxygens (including phenoxy) is 1. The van der Waals surface area contributed by atoms with Gasteiger partial charge in [-0.05, 0) is 67.5 Å². The number of methoxy groups -OCH3 is 1. The molecule has 0 spiro atoms. The van der Waals surface area contributed by atoms with Gasteiger partial charge in [0.1, 0.15) is 0 Å². The van der Waals surface area contributed by atoms with E-state index in [1.165, 1.54) is 0 Å². The molecule has 5 rings (SSSR count). The SMILES string of the molecule is CC#Cc1ccc(C(=O)NC2CCC(C(=O)O)CC2)c2c1cnn2Cc1ccc(-c2ccnc(OC)c2)cc1. The smallest absolute Gasteiger partial charge is 0.306 e. The molecule has 2 heterocycles. The Morgan fingerprint density at radius 2 is 1.85 bits per heavy atom. The Labute approximate surface area is 227 Å². The predicted octanol–water partition coefficient (Wildman–Crippen LogP) is 4.90. The van der Waals surface area contributed by atoms with Crippen LogP contribution in [0, 0.1) is 17.8 Å². The van der Waals surface area contributed by atoms with Crippen LogP contribution in [0.1, 0.15) is 54.1 Å². The van der Waals surface area contributed by atoms with Gasteiger partial charge < -0.3 is 15.2 Å². The van der Waals surface area contributed by atoms with Crippen LogP contribution in [0.4, 0.5) is 0 Å². The lowest BCUT2D eigenvalue weighted by molar-refractivity contribution is -0.142. The average molecular weight is 523 g/mol. The zero-order chi connectivity index (χ0) is 27.4. The summed E-state index contributed by atoms with van der Waals surface area (Å²) in [5.41, 5.74) is 5.18. The first-order valence-electron chi connectivity index (χ1n) is 13.0. The van der Waals surface area contributed by atoms with Crippen LogP contribution in [0.15, 0.2) is 60.9 Å². The van der Waals surface area contributed by atoms with Gasteiger partial charge in [0, 0.05) is 29.3 Å². The molecule has 0 unspecified atom stereocenters. The second kappa shape index (κ2) is 11.4. The number of hydrogen-bond acceptors (Lipinski definition) is 5. The van der Waals surface area contributed by atoms with Gasteiger partial charge in [0.2, 0.25) is 5.88 Å². The second-order valence-corrected chi connectivity index (χ2v) is 9.74. The van der Waals surface area contributed by atoms with Crippen molar-refractivity contribution in [3.05, 3.63) is 77.6 Å². The minimum absolute atomic E-state index is 0.0472. The maximum atomic E-state index is 13.4. The topological polar surface area (TPSA) is 106 Å². The van der Waals surface area contributed by atoms with E-state index in [-0.39, 0.29) is 17.9 Å². The summed E-state index contributed by atoms with van der Waals surface area (Å²) in [7, 11) is 1.60. The Morgan fingerprint density at radius 3 is 2.54 bits per heavy atom. The number of carbonyl (C=O) groups is 2. The summed E-state index contributed by atoms with van der Waals surface area (Å²) in [5, 5.41) is 17.9. The van der Waals surface area contributed by atoms with Crippen LogP contribution >= 0.6 is 0 Å². The van der Waals surface area contributed by atoms with Crippen molar-refractivity contribution in [1.29, 1.82) is 0 Å². The molecule has 2 N–H and O–H groups in total. The second-order valence-electron chi connectivity index (χ2n) is 9.74. The highest BCUT2D eigenvalue weighted by atomic mass is 16.5. The van der Waals surface area contributed by atoms with Crippen LogP contribution in [-0.2, 0) is 11.3 Å². The lowest BCUT2D eigenvalue weighted by atomic mass is 9.86. The quantitative estimate of drug-likeness (QED) is 0.335. The van der Waals surface area contributed by atoms with Crippen molar-refractivity contribution >= 4 is 22.8 Å². The summed E-state index contributed by atoms with van der Waals surface area (Å²) < 4.78 is 7.09. The molecule has 1 aliphatic carbocycles. The van der Waals surface area contributed by atoms with Crippen molar-refractivity contribution < 1.29 is 19.4 Å². The van der Waals surface area contributed by atoms with Crippen LogP contribution in [0.25, 0.3) is 22.0 Å². The zero-order valence-corrected chi connectivity index (χ0v) is 22.0. The molecule has 8 nitrogen and oxygen atoms in total. The van der Waals surface area contributed by atoms with Crippen LogP contribution in [0.2, 0.25) is 0 Å². The van der Waals surface area contributed by atoms with E-state index in [4.69, 9.17) is 4.74 Å². The molecule has 1 saturated carbocycles. The standard InChI is InChI=1S/C31H30N4O4/c1-3-4-22-11-14-26(30(36)34-25-12-9-23(10-13-25)31(37)38)29-27(22)18-33-35(29)19-20-5-7-21(8-6-20)24-15-16-32-28(17-24)39-2/h5-8,11,14-18,23,25H,9-10,12-13,19H2,1-2H3,(H,34,36)(H,37,38). The Balaban J connectivity index is 1.41. The number of aromatic nitrogens is 3. The number of nitrogens with zero attached hydrogens (tertiary/aromatic N) is 3. The summed E-state index contributed by atoms with van der Waals surface area (Å²) in [6, 6.07) is 15.6.